The molecular weight excluding hydrogens is 284 g/mol. The highest BCUT2D eigenvalue weighted by Gasteiger charge is 2.46. The second-order valence-electron chi connectivity index (χ2n) is 9.06. The molecule has 0 aromatic rings. The van der Waals surface area contributed by atoms with Gasteiger partial charge in [-0.05, 0) is 67.0 Å². The molecule has 0 spiro atoms. The zero-order valence-electron chi connectivity index (χ0n) is 17.0. The van der Waals surface area contributed by atoms with E-state index in [9.17, 15) is 0 Å². The standard InChI is InChI=1S/C20H42N2O/c1-8-9-10-11-12-13-14-23-22-19(2,3)15-18(17-21(6)7)16-20(22,4)5/h18H,8-17H2,1-7H3. The number of nitrogens with zero attached hydrogens (tertiary/aromatic N) is 2. The van der Waals surface area contributed by atoms with Gasteiger partial charge < -0.3 is 4.90 Å². The Kier molecular flexibility index (Phi) is 8.54. The molecule has 3 heteroatoms. The van der Waals surface area contributed by atoms with Crippen molar-refractivity contribution in [3.63, 3.8) is 0 Å². The highest BCUT2D eigenvalue weighted by atomic mass is 16.7. The molecule has 23 heavy (non-hydrogen) atoms. The molecule has 138 valence electrons. The van der Waals surface area contributed by atoms with E-state index in [4.69, 9.17) is 4.84 Å². The van der Waals surface area contributed by atoms with Crippen LogP contribution in [0.5, 0.6) is 0 Å². The van der Waals surface area contributed by atoms with Gasteiger partial charge in [0.25, 0.3) is 0 Å². The molecule has 1 saturated heterocycles. The summed E-state index contributed by atoms with van der Waals surface area (Å²) in [6.45, 7) is 13.7. The summed E-state index contributed by atoms with van der Waals surface area (Å²) < 4.78 is 0. The highest BCUT2D eigenvalue weighted by molar-refractivity contribution is 4.97. The van der Waals surface area contributed by atoms with Crippen molar-refractivity contribution in [2.24, 2.45) is 5.92 Å². The average molecular weight is 327 g/mol. The second-order valence-corrected chi connectivity index (χ2v) is 9.06. The van der Waals surface area contributed by atoms with Gasteiger partial charge in [-0.2, -0.15) is 5.06 Å². The van der Waals surface area contributed by atoms with Crippen molar-refractivity contribution in [2.45, 2.75) is 97.1 Å². The molecule has 1 heterocycles. The van der Waals surface area contributed by atoms with Crippen molar-refractivity contribution in [1.29, 1.82) is 0 Å². The summed E-state index contributed by atoms with van der Waals surface area (Å²) in [5.74, 6) is 0.754. The summed E-state index contributed by atoms with van der Waals surface area (Å²) in [4.78, 5) is 8.62. The van der Waals surface area contributed by atoms with Crippen molar-refractivity contribution < 1.29 is 4.84 Å². The van der Waals surface area contributed by atoms with Crippen LogP contribution in [0.4, 0.5) is 0 Å². The van der Waals surface area contributed by atoms with Crippen LogP contribution in [0.1, 0.15) is 86.0 Å². The summed E-state index contributed by atoms with van der Waals surface area (Å²) in [5, 5.41) is 2.32. The van der Waals surface area contributed by atoms with Gasteiger partial charge >= 0.3 is 0 Å². The molecule has 3 nitrogen and oxygen atoms in total. The zero-order valence-corrected chi connectivity index (χ0v) is 17.0. The molecular formula is C20H42N2O. The maximum absolute atomic E-state index is 6.29. The van der Waals surface area contributed by atoms with Crippen LogP contribution in [-0.2, 0) is 4.84 Å². The van der Waals surface area contributed by atoms with E-state index < -0.39 is 0 Å². The van der Waals surface area contributed by atoms with E-state index in [-0.39, 0.29) is 11.1 Å². The van der Waals surface area contributed by atoms with Gasteiger partial charge in [-0.25, -0.2) is 0 Å². The predicted octanol–water partition coefficient (Wildman–Crippen LogP) is 5.11. The average Bonchev–Trinajstić information content (AvgIpc) is 2.38. The molecule has 0 aromatic carbocycles. The first-order valence-corrected chi connectivity index (χ1v) is 9.77. The molecule has 0 radical (unpaired) electrons. The Bertz CT molecular complexity index is 308. The number of rotatable bonds is 10. The number of hydrogen-bond acceptors (Lipinski definition) is 3. The molecule has 0 aromatic heterocycles. The fraction of sp³-hybridized carbons (Fsp3) is 1.00. The molecule has 1 aliphatic heterocycles. The highest BCUT2D eigenvalue weighted by Crippen LogP contribution is 2.41. The Balaban J connectivity index is 2.44. The van der Waals surface area contributed by atoms with Gasteiger partial charge in [0.1, 0.15) is 0 Å². The van der Waals surface area contributed by atoms with Crippen LogP contribution in [0.3, 0.4) is 0 Å². The van der Waals surface area contributed by atoms with Gasteiger partial charge in [-0.15, -0.1) is 0 Å². The van der Waals surface area contributed by atoms with Crippen molar-refractivity contribution in [2.75, 3.05) is 27.2 Å². The van der Waals surface area contributed by atoms with Gasteiger partial charge in [0.2, 0.25) is 0 Å². The van der Waals surface area contributed by atoms with Crippen LogP contribution >= 0.6 is 0 Å². The largest absolute Gasteiger partial charge is 0.309 e. The van der Waals surface area contributed by atoms with Gasteiger partial charge in [0.15, 0.2) is 0 Å². The minimum Gasteiger partial charge on any atom is -0.309 e. The molecule has 0 unspecified atom stereocenters. The van der Waals surface area contributed by atoms with E-state index in [0.717, 1.165) is 12.5 Å². The smallest absolute Gasteiger partial charge is 0.0685 e. The SMILES string of the molecule is CCCCCCCCON1C(C)(C)CC(CN(C)C)CC1(C)C. The van der Waals surface area contributed by atoms with E-state index in [0.29, 0.717) is 0 Å². The lowest BCUT2D eigenvalue weighted by atomic mass is 9.75. The van der Waals surface area contributed by atoms with E-state index in [1.807, 2.05) is 0 Å². The molecule has 1 aliphatic rings. The molecule has 0 bridgehead atoms. The predicted molar refractivity (Wildman–Crippen MR) is 101 cm³/mol. The molecule has 0 N–H and O–H groups in total. The van der Waals surface area contributed by atoms with Crippen molar-refractivity contribution in [3.8, 4) is 0 Å². The number of piperidine rings is 1. The Labute approximate surface area is 145 Å². The van der Waals surface area contributed by atoms with Crippen LogP contribution < -0.4 is 0 Å². The van der Waals surface area contributed by atoms with Crippen molar-refractivity contribution in [1.82, 2.24) is 9.96 Å². The van der Waals surface area contributed by atoms with Crippen LogP contribution in [0.25, 0.3) is 0 Å². The second kappa shape index (κ2) is 9.39. The Hall–Kier alpha value is -0.120. The first-order valence-electron chi connectivity index (χ1n) is 9.77. The summed E-state index contributed by atoms with van der Waals surface area (Å²) in [6, 6.07) is 0. The lowest BCUT2D eigenvalue weighted by Crippen LogP contribution is -2.61. The third-order valence-electron chi connectivity index (χ3n) is 5.02. The number of hydrogen-bond donors (Lipinski definition) is 0. The van der Waals surface area contributed by atoms with E-state index in [1.54, 1.807) is 0 Å². The first kappa shape index (κ1) is 20.9. The maximum atomic E-state index is 6.29. The van der Waals surface area contributed by atoms with Gasteiger partial charge in [0.05, 0.1) is 6.61 Å². The number of hydroxylamine groups is 2. The minimum atomic E-state index is 0.116. The Morgan fingerprint density at radius 2 is 1.43 bits per heavy atom. The fourth-order valence-electron chi connectivity index (χ4n) is 4.50. The normalized spacial score (nSPS) is 21.9. The summed E-state index contributed by atoms with van der Waals surface area (Å²) in [6.07, 6.45) is 10.3. The minimum absolute atomic E-state index is 0.116. The fourth-order valence-corrected chi connectivity index (χ4v) is 4.50. The molecule has 0 aliphatic carbocycles. The third-order valence-corrected chi connectivity index (χ3v) is 5.02. The molecule has 0 saturated carbocycles. The lowest BCUT2D eigenvalue weighted by molar-refractivity contribution is -0.288. The van der Waals surface area contributed by atoms with E-state index in [2.05, 4.69) is 58.7 Å². The van der Waals surface area contributed by atoms with Crippen LogP contribution in [0.2, 0.25) is 0 Å². The van der Waals surface area contributed by atoms with Gasteiger partial charge in [-0.3, -0.25) is 4.84 Å². The van der Waals surface area contributed by atoms with Crippen molar-refractivity contribution >= 4 is 0 Å². The maximum Gasteiger partial charge on any atom is 0.0685 e. The Morgan fingerprint density at radius 1 is 0.913 bits per heavy atom. The molecule has 1 fully saturated rings. The van der Waals surface area contributed by atoms with Gasteiger partial charge in [-0.1, -0.05) is 39.0 Å². The van der Waals surface area contributed by atoms with Crippen molar-refractivity contribution in [3.05, 3.63) is 0 Å². The Morgan fingerprint density at radius 3 is 1.96 bits per heavy atom. The summed E-state index contributed by atoms with van der Waals surface area (Å²) >= 11 is 0. The van der Waals surface area contributed by atoms with E-state index in [1.165, 1.54) is 57.9 Å². The lowest BCUT2D eigenvalue weighted by Gasteiger charge is -2.54. The topological polar surface area (TPSA) is 15.7 Å². The molecule has 0 amide bonds. The van der Waals surface area contributed by atoms with Gasteiger partial charge in [0, 0.05) is 17.6 Å². The van der Waals surface area contributed by atoms with Crippen LogP contribution in [0, 0.1) is 5.92 Å². The monoisotopic (exact) mass is 326 g/mol. The van der Waals surface area contributed by atoms with E-state index >= 15 is 0 Å². The molecule has 0 atom stereocenters. The summed E-state index contributed by atoms with van der Waals surface area (Å²) in [7, 11) is 4.36. The third kappa shape index (κ3) is 7.11. The summed E-state index contributed by atoms with van der Waals surface area (Å²) in [5.41, 5.74) is 0.231. The molecule has 1 rings (SSSR count). The first-order chi connectivity index (χ1) is 10.7. The van der Waals surface area contributed by atoms with Crippen LogP contribution in [0.15, 0.2) is 0 Å². The zero-order chi connectivity index (χ0) is 17.5. The van der Waals surface area contributed by atoms with Crippen LogP contribution in [-0.4, -0.2) is 48.3 Å². The quantitative estimate of drug-likeness (QED) is 0.519. The number of unbranched alkanes of at least 4 members (excludes halogenated alkanes) is 5.